The minimum atomic E-state index is -0.508. The van der Waals surface area contributed by atoms with Crippen LogP contribution in [-0.2, 0) is 4.79 Å². The Kier molecular flexibility index (Phi) is 8.58. The highest BCUT2D eigenvalue weighted by Crippen LogP contribution is 2.29. The van der Waals surface area contributed by atoms with E-state index in [2.05, 4.69) is 12.2 Å². The Morgan fingerprint density at radius 3 is 2.59 bits per heavy atom. The molecule has 6 heteroatoms. The SMILES string of the molecule is CCCCOc1ccccc1NC(=O)/C(C#N)=C/c1ccc(OCC)c(OC)c1. The number of nitrogens with one attached hydrogen (secondary N) is 1. The molecule has 0 radical (unpaired) electrons. The van der Waals surface area contributed by atoms with Crippen LogP contribution in [0.2, 0.25) is 0 Å². The van der Waals surface area contributed by atoms with E-state index >= 15 is 0 Å². The van der Waals surface area contributed by atoms with E-state index in [0.29, 0.717) is 41.7 Å². The van der Waals surface area contributed by atoms with Crippen LogP contribution in [0.15, 0.2) is 48.0 Å². The Morgan fingerprint density at radius 1 is 1.10 bits per heavy atom. The van der Waals surface area contributed by atoms with E-state index in [0.717, 1.165) is 12.8 Å². The number of anilines is 1. The molecule has 0 aliphatic rings. The minimum absolute atomic E-state index is 0.0282. The van der Waals surface area contributed by atoms with Crippen molar-refractivity contribution in [1.29, 1.82) is 5.26 Å². The highest BCUT2D eigenvalue weighted by molar-refractivity contribution is 6.10. The molecular formula is C23H26N2O4. The summed E-state index contributed by atoms with van der Waals surface area (Å²) in [6, 6.07) is 14.4. The molecule has 152 valence electrons. The van der Waals surface area contributed by atoms with E-state index in [1.807, 2.05) is 19.1 Å². The number of methoxy groups -OCH3 is 1. The summed E-state index contributed by atoms with van der Waals surface area (Å²) < 4.78 is 16.5. The zero-order valence-electron chi connectivity index (χ0n) is 17.0. The molecule has 0 fully saturated rings. The van der Waals surface area contributed by atoms with Gasteiger partial charge in [0, 0.05) is 0 Å². The molecule has 0 bridgehead atoms. The van der Waals surface area contributed by atoms with Gasteiger partial charge in [-0.25, -0.2) is 0 Å². The van der Waals surface area contributed by atoms with Gasteiger partial charge in [0.25, 0.3) is 5.91 Å². The van der Waals surface area contributed by atoms with Gasteiger partial charge < -0.3 is 19.5 Å². The molecule has 0 heterocycles. The number of ether oxygens (including phenoxy) is 3. The Balaban J connectivity index is 2.20. The number of hydrogen-bond acceptors (Lipinski definition) is 5. The van der Waals surface area contributed by atoms with Crippen molar-refractivity contribution in [2.45, 2.75) is 26.7 Å². The average Bonchev–Trinajstić information content (AvgIpc) is 2.74. The lowest BCUT2D eigenvalue weighted by molar-refractivity contribution is -0.112. The van der Waals surface area contributed by atoms with Crippen LogP contribution in [0.25, 0.3) is 6.08 Å². The van der Waals surface area contributed by atoms with Crippen molar-refractivity contribution in [3.8, 4) is 23.3 Å². The second-order valence-electron chi connectivity index (χ2n) is 6.17. The molecule has 1 N–H and O–H groups in total. The number of carbonyl (C=O) groups is 1. The van der Waals surface area contributed by atoms with Gasteiger partial charge in [0.15, 0.2) is 11.5 Å². The minimum Gasteiger partial charge on any atom is -0.493 e. The van der Waals surface area contributed by atoms with Crippen molar-refractivity contribution >= 4 is 17.7 Å². The number of unbranched alkanes of at least 4 members (excludes halogenated alkanes) is 1. The summed E-state index contributed by atoms with van der Waals surface area (Å²) >= 11 is 0. The molecule has 2 aromatic carbocycles. The van der Waals surface area contributed by atoms with E-state index in [1.54, 1.807) is 43.5 Å². The van der Waals surface area contributed by atoms with Gasteiger partial charge >= 0.3 is 0 Å². The van der Waals surface area contributed by atoms with Crippen molar-refractivity contribution in [2.24, 2.45) is 0 Å². The maximum absolute atomic E-state index is 12.6. The summed E-state index contributed by atoms with van der Waals surface area (Å²) in [6.07, 6.45) is 3.45. The van der Waals surface area contributed by atoms with Crippen molar-refractivity contribution in [3.63, 3.8) is 0 Å². The molecule has 0 spiro atoms. The first kappa shape index (κ1) is 21.8. The normalized spacial score (nSPS) is 10.8. The van der Waals surface area contributed by atoms with Crippen LogP contribution in [0.1, 0.15) is 32.3 Å². The summed E-state index contributed by atoms with van der Waals surface area (Å²) in [5.41, 5.74) is 1.16. The molecule has 0 unspecified atom stereocenters. The molecular weight excluding hydrogens is 368 g/mol. The largest absolute Gasteiger partial charge is 0.493 e. The van der Waals surface area contributed by atoms with E-state index in [4.69, 9.17) is 14.2 Å². The number of carbonyl (C=O) groups excluding carboxylic acids is 1. The quantitative estimate of drug-likeness (QED) is 0.355. The van der Waals surface area contributed by atoms with Gasteiger partial charge in [-0.3, -0.25) is 4.79 Å². The van der Waals surface area contributed by atoms with Crippen molar-refractivity contribution in [1.82, 2.24) is 0 Å². The predicted molar refractivity (Wildman–Crippen MR) is 113 cm³/mol. The Labute approximate surface area is 171 Å². The van der Waals surface area contributed by atoms with E-state index < -0.39 is 5.91 Å². The zero-order chi connectivity index (χ0) is 21.1. The number of nitriles is 1. The monoisotopic (exact) mass is 394 g/mol. The molecule has 2 rings (SSSR count). The number of benzene rings is 2. The molecule has 2 aromatic rings. The molecule has 0 aliphatic heterocycles. The van der Waals surface area contributed by atoms with Gasteiger partial charge in [-0.2, -0.15) is 5.26 Å². The van der Waals surface area contributed by atoms with Gasteiger partial charge in [0.2, 0.25) is 0 Å². The van der Waals surface area contributed by atoms with Crippen molar-refractivity contribution in [2.75, 3.05) is 25.6 Å². The summed E-state index contributed by atoms with van der Waals surface area (Å²) in [4.78, 5) is 12.6. The Hall–Kier alpha value is -3.46. The van der Waals surface area contributed by atoms with Crippen LogP contribution in [0, 0.1) is 11.3 Å². The summed E-state index contributed by atoms with van der Waals surface area (Å²) in [5.74, 6) is 1.21. The van der Waals surface area contributed by atoms with Crippen LogP contribution in [0.5, 0.6) is 17.2 Å². The standard InChI is InChI=1S/C23H26N2O4/c1-4-6-13-29-20-10-8-7-9-19(20)25-23(26)18(16-24)14-17-11-12-21(28-5-2)22(15-17)27-3/h7-12,14-15H,4-6,13H2,1-3H3,(H,25,26)/b18-14+. The number of nitrogens with zero attached hydrogens (tertiary/aromatic N) is 1. The molecule has 0 atom stereocenters. The van der Waals surface area contributed by atoms with Gasteiger partial charge in [0.05, 0.1) is 26.0 Å². The topological polar surface area (TPSA) is 80.6 Å². The average molecular weight is 394 g/mol. The van der Waals surface area contributed by atoms with Crippen LogP contribution in [0.3, 0.4) is 0 Å². The second kappa shape index (κ2) is 11.4. The van der Waals surface area contributed by atoms with Crippen LogP contribution in [0.4, 0.5) is 5.69 Å². The first-order valence-electron chi connectivity index (χ1n) is 9.58. The lowest BCUT2D eigenvalue weighted by Gasteiger charge is -2.12. The summed E-state index contributed by atoms with van der Waals surface area (Å²) in [7, 11) is 1.54. The van der Waals surface area contributed by atoms with E-state index in [1.165, 1.54) is 6.08 Å². The van der Waals surface area contributed by atoms with Gasteiger partial charge in [-0.15, -0.1) is 0 Å². The third-order valence-corrected chi connectivity index (χ3v) is 4.05. The molecule has 0 saturated heterocycles. The van der Waals surface area contributed by atoms with Crippen LogP contribution in [-0.4, -0.2) is 26.2 Å². The molecule has 6 nitrogen and oxygen atoms in total. The predicted octanol–water partition coefficient (Wildman–Crippen LogP) is 4.82. The van der Waals surface area contributed by atoms with Crippen molar-refractivity contribution < 1.29 is 19.0 Å². The fourth-order valence-electron chi connectivity index (χ4n) is 2.58. The third kappa shape index (κ3) is 6.28. The first-order valence-corrected chi connectivity index (χ1v) is 9.58. The zero-order valence-corrected chi connectivity index (χ0v) is 17.0. The lowest BCUT2D eigenvalue weighted by Crippen LogP contribution is -2.14. The molecule has 0 saturated carbocycles. The maximum atomic E-state index is 12.6. The number of hydrogen-bond donors (Lipinski definition) is 1. The molecule has 0 aliphatic carbocycles. The fraction of sp³-hybridized carbons (Fsp3) is 0.304. The second-order valence-corrected chi connectivity index (χ2v) is 6.17. The van der Waals surface area contributed by atoms with E-state index in [-0.39, 0.29) is 5.57 Å². The third-order valence-electron chi connectivity index (χ3n) is 4.05. The molecule has 29 heavy (non-hydrogen) atoms. The van der Waals surface area contributed by atoms with E-state index in [9.17, 15) is 10.1 Å². The number of amides is 1. The Bertz CT molecular complexity index is 900. The summed E-state index contributed by atoms with van der Waals surface area (Å²) in [5, 5.41) is 12.2. The highest BCUT2D eigenvalue weighted by Gasteiger charge is 2.13. The van der Waals surface area contributed by atoms with Crippen LogP contribution >= 0.6 is 0 Å². The lowest BCUT2D eigenvalue weighted by atomic mass is 10.1. The Morgan fingerprint density at radius 2 is 1.90 bits per heavy atom. The van der Waals surface area contributed by atoms with Crippen molar-refractivity contribution in [3.05, 3.63) is 53.6 Å². The summed E-state index contributed by atoms with van der Waals surface area (Å²) in [6.45, 7) is 5.04. The van der Waals surface area contributed by atoms with Gasteiger partial charge in [-0.05, 0) is 49.2 Å². The molecule has 1 amide bonds. The smallest absolute Gasteiger partial charge is 0.266 e. The number of rotatable bonds is 10. The fourth-order valence-corrected chi connectivity index (χ4v) is 2.58. The van der Waals surface area contributed by atoms with Crippen LogP contribution < -0.4 is 19.5 Å². The highest BCUT2D eigenvalue weighted by atomic mass is 16.5. The van der Waals surface area contributed by atoms with Gasteiger partial charge in [-0.1, -0.05) is 31.5 Å². The number of para-hydroxylation sites is 2. The van der Waals surface area contributed by atoms with Gasteiger partial charge in [0.1, 0.15) is 17.4 Å². The first-order chi connectivity index (χ1) is 14.1. The molecule has 0 aromatic heterocycles. The maximum Gasteiger partial charge on any atom is 0.266 e.